The molecule has 0 aliphatic heterocycles. The lowest BCUT2D eigenvalue weighted by atomic mass is 9.86. The third-order valence-corrected chi connectivity index (χ3v) is 5.82. The molecule has 1 saturated carbocycles. The third kappa shape index (κ3) is 3.88. The van der Waals surface area contributed by atoms with Crippen LogP contribution in [0.15, 0.2) is 72.4 Å². The van der Waals surface area contributed by atoms with Crippen molar-refractivity contribution in [3.63, 3.8) is 0 Å². The highest BCUT2D eigenvalue weighted by Gasteiger charge is 2.39. The molecule has 1 aliphatic carbocycles. The Balaban J connectivity index is 1.64. The molecule has 0 N–H and O–H groups in total. The number of hydrogen-bond donors (Lipinski definition) is 0. The molecule has 0 bridgehead atoms. The summed E-state index contributed by atoms with van der Waals surface area (Å²) in [6, 6.07) is 18.3. The summed E-state index contributed by atoms with van der Waals surface area (Å²) in [6.45, 7) is 6.06. The zero-order valence-electron chi connectivity index (χ0n) is 17.6. The lowest BCUT2D eigenvalue weighted by Gasteiger charge is -2.16. The van der Waals surface area contributed by atoms with Crippen molar-refractivity contribution in [3.8, 4) is 11.1 Å². The van der Waals surface area contributed by atoms with E-state index in [2.05, 4.69) is 48.3 Å². The van der Waals surface area contributed by atoms with E-state index in [1.165, 1.54) is 5.56 Å². The first-order valence-electron chi connectivity index (χ1n) is 10.3. The number of carbonyl (C=O) groups is 2. The second-order valence-corrected chi connectivity index (χ2v) is 8.08. The lowest BCUT2D eigenvalue weighted by Crippen LogP contribution is -2.15. The molecule has 1 aromatic heterocycles. The molecule has 1 heterocycles. The molecular weight excluding hydrogens is 370 g/mol. The molecule has 1 unspecified atom stereocenters. The van der Waals surface area contributed by atoms with Gasteiger partial charge in [-0.15, -0.1) is 0 Å². The van der Waals surface area contributed by atoms with Crippen LogP contribution in [0.5, 0.6) is 0 Å². The van der Waals surface area contributed by atoms with Crippen LogP contribution in [-0.4, -0.2) is 16.6 Å². The second-order valence-electron chi connectivity index (χ2n) is 8.08. The first-order valence-corrected chi connectivity index (χ1v) is 10.3. The molecule has 0 amide bonds. The number of pyridine rings is 1. The van der Waals surface area contributed by atoms with E-state index in [-0.39, 0.29) is 18.0 Å². The largest absolute Gasteiger partial charge is 0.298 e. The van der Waals surface area contributed by atoms with E-state index >= 15 is 0 Å². The van der Waals surface area contributed by atoms with Crippen LogP contribution < -0.4 is 0 Å². The van der Waals surface area contributed by atoms with E-state index in [0.717, 1.165) is 33.5 Å². The van der Waals surface area contributed by atoms with Gasteiger partial charge in [-0.2, -0.15) is 0 Å². The summed E-state index contributed by atoms with van der Waals surface area (Å²) in [5.74, 6) is -0.765. The van der Waals surface area contributed by atoms with Crippen molar-refractivity contribution in [3.05, 3.63) is 100 Å². The fraction of sp³-hybridized carbons (Fsp3) is 0.222. The summed E-state index contributed by atoms with van der Waals surface area (Å²) in [5.41, 5.74) is 7.81. The van der Waals surface area contributed by atoms with E-state index in [1.807, 2.05) is 38.1 Å². The molecule has 1 aliphatic rings. The molecule has 3 nitrogen and oxygen atoms in total. The van der Waals surface area contributed by atoms with Gasteiger partial charge in [-0.05, 0) is 60.7 Å². The Morgan fingerprint density at radius 1 is 0.933 bits per heavy atom. The Bertz CT molecular complexity index is 1120. The normalized spacial score (nSPS) is 17.7. The summed E-state index contributed by atoms with van der Waals surface area (Å²) in [6.07, 6.45) is 4.37. The second kappa shape index (κ2) is 8.19. The predicted molar refractivity (Wildman–Crippen MR) is 119 cm³/mol. The average Bonchev–Trinajstić information content (AvgIpc) is 3.01. The molecule has 3 aromatic rings. The van der Waals surface area contributed by atoms with Gasteiger partial charge in [0.15, 0.2) is 11.6 Å². The smallest absolute Gasteiger partial charge is 0.173 e. The summed E-state index contributed by atoms with van der Waals surface area (Å²) >= 11 is 0. The van der Waals surface area contributed by atoms with Gasteiger partial charge in [0.05, 0.1) is 0 Å². The van der Waals surface area contributed by atoms with Gasteiger partial charge in [0, 0.05) is 30.3 Å². The maximum atomic E-state index is 13.1. The van der Waals surface area contributed by atoms with Crippen LogP contribution in [0.25, 0.3) is 11.1 Å². The van der Waals surface area contributed by atoms with Crippen LogP contribution in [0.2, 0.25) is 0 Å². The average molecular weight is 396 g/mol. The SMILES string of the molecule is Cc1ccc(-c2cc(C)c(C3C(=O)C/C(=C\Cc4ccccn4)C3=O)c(C)c2)cc1. The predicted octanol–water partition coefficient (Wildman–Crippen LogP) is 5.47. The van der Waals surface area contributed by atoms with E-state index in [0.29, 0.717) is 12.0 Å². The quantitative estimate of drug-likeness (QED) is 0.435. The number of Topliss-reactive ketones (excluding diaryl/α,β-unsaturated/α-hetero) is 2. The maximum Gasteiger partial charge on any atom is 0.173 e. The van der Waals surface area contributed by atoms with Crippen LogP contribution >= 0.6 is 0 Å². The van der Waals surface area contributed by atoms with Crippen LogP contribution in [0.4, 0.5) is 0 Å². The van der Waals surface area contributed by atoms with Crippen LogP contribution in [0.3, 0.4) is 0 Å². The van der Waals surface area contributed by atoms with Crippen LogP contribution in [-0.2, 0) is 16.0 Å². The van der Waals surface area contributed by atoms with Gasteiger partial charge in [0.25, 0.3) is 0 Å². The van der Waals surface area contributed by atoms with Gasteiger partial charge in [-0.1, -0.05) is 54.1 Å². The molecule has 4 rings (SSSR count). The van der Waals surface area contributed by atoms with Gasteiger partial charge in [0.2, 0.25) is 0 Å². The van der Waals surface area contributed by atoms with Gasteiger partial charge < -0.3 is 0 Å². The zero-order valence-corrected chi connectivity index (χ0v) is 17.6. The molecule has 2 aromatic carbocycles. The number of aromatic nitrogens is 1. The fourth-order valence-corrected chi connectivity index (χ4v) is 4.26. The molecule has 0 saturated heterocycles. The van der Waals surface area contributed by atoms with Crippen LogP contribution in [0, 0.1) is 20.8 Å². The number of ketones is 2. The Morgan fingerprint density at radius 3 is 2.27 bits per heavy atom. The number of rotatable bonds is 4. The van der Waals surface area contributed by atoms with E-state index in [9.17, 15) is 9.59 Å². The van der Waals surface area contributed by atoms with Crippen molar-refractivity contribution < 1.29 is 9.59 Å². The minimum absolute atomic E-state index is 0.0124. The molecule has 0 spiro atoms. The fourth-order valence-electron chi connectivity index (χ4n) is 4.26. The first kappa shape index (κ1) is 20.0. The van der Waals surface area contributed by atoms with Crippen molar-refractivity contribution >= 4 is 11.6 Å². The number of carbonyl (C=O) groups excluding carboxylic acids is 2. The standard InChI is InChI=1S/C27H25NO2/c1-17-7-9-20(10-8-17)22-14-18(2)25(19(3)15-22)26-24(29)16-21(27(26)30)11-12-23-6-4-5-13-28-23/h4-11,13-15,26H,12,16H2,1-3H3/b21-11+. The highest BCUT2D eigenvalue weighted by Crippen LogP contribution is 2.37. The third-order valence-electron chi connectivity index (χ3n) is 5.82. The Labute approximate surface area is 177 Å². The van der Waals surface area contributed by atoms with Gasteiger partial charge in [-0.25, -0.2) is 0 Å². The van der Waals surface area contributed by atoms with Gasteiger partial charge >= 0.3 is 0 Å². The van der Waals surface area contributed by atoms with Gasteiger partial charge in [-0.3, -0.25) is 14.6 Å². The van der Waals surface area contributed by atoms with Crippen molar-refractivity contribution in [1.82, 2.24) is 4.98 Å². The summed E-state index contributed by atoms with van der Waals surface area (Å²) in [4.78, 5) is 30.2. The maximum absolute atomic E-state index is 13.1. The highest BCUT2D eigenvalue weighted by atomic mass is 16.2. The van der Waals surface area contributed by atoms with E-state index < -0.39 is 5.92 Å². The minimum atomic E-state index is -0.688. The monoisotopic (exact) mass is 395 g/mol. The number of allylic oxidation sites excluding steroid dienone is 2. The Hall–Kier alpha value is -3.33. The van der Waals surface area contributed by atoms with Crippen molar-refractivity contribution in [1.29, 1.82) is 0 Å². The molecular formula is C27H25NO2. The number of nitrogens with zero attached hydrogens (tertiary/aromatic N) is 1. The number of benzene rings is 2. The molecule has 30 heavy (non-hydrogen) atoms. The molecule has 3 heteroatoms. The summed E-state index contributed by atoms with van der Waals surface area (Å²) in [7, 11) is 0. The highest BCUT2D eigenvalue weighted by molar-refractivity contribution is 6.23. The minimum Gasteiger partial charge on any atom is -0.298 e. The van der Waals surface area contributed by atoms with Crippen LogP contribution in [0.1, 0.15) is 40.3 Å². The Kier molecular flexibility index (Phi) is 5.45. The topological polar surface area (TPSA) is 47.0 Å². The van der Waals surface area contributed by atoms with Crippen molar-refractivity contribution in [2.75, 3.05) is 0 Å². The number of aryl methyl sites for hydroxylation is 3. The van der Waals surface area contributed by atoms with E-state index in [1.54, 1.807) is 6.20 Å². The zero-order chi connectivity index (χ0) is 21.3. The van der Waals surface area contributed by atoms with E-state index in [4.69, 9.17) is 0 Å². The lowest BCUT2D eigenvalue weighted by molar-refractivity contribution is -0.123. The van der Waals surface area contributed by atoms with Gasteiger partial charge in [0.1, 0.15) is 5.92 Å². The number of hydrogen-bond acceptors (Lipinski definition) is 3. The molecule has 0 radical (unpaired) electrons. The first-order chi connectivity index (χ1) is 14.4. The summed E-state index contributed by atoms with van der Waals surface area (Å²) < 4.78 is 0. The molecule has 1 fully saturated rings. The van der Waals surface area contributed by atoms with Crippen molar-refractivity contribution in [2.24, 2.45) is 0 Å². The van der Waals surface area contributed by atoms with Crippen molar-refractivity contribution in [2.45, 2.75) is 39.5 Å². The molecule has 1 atom stereocenters. The Morgan fingerprint density at radius 2 is 1.63 bits per heavy atom. The molecule has 150 valence electrons. The summed E-state index contributed by atoms with van der Waals surface area (Å²) in [5, 5.41) is 0.